The zero-order valence-electron chi connectivity index (χ0n) is 19.2. The summed E-state index contributed by atoms with van der Waals surface area (Å²) in [5.74, 6) is -1.35. The van der Waals surface area contributed by atoms with E-state index in [0.717, 1.165) is 21.9 Å². The second-order valence-electron chi connectivity index (χ2n) is 8.21. The Kier molecular flexibility index (Phi) is 7.98. The lowest BCUT2D eigenvalue weighted by molar-refractivity contribution is -0.141. The summed E-state index contributed by atoms with van der Waals surface area (Å²) in [7, 11) is 0. The molecule has 0 heterocycles. The maximum Gasteiger partial charge on any atom is 0.326 e. The number of fused-ring (bicyclic) bond motifs is 1. The molecule has 7 heteroatoms. The largest absolute Gasteiger partial charge is 0.489 e. The fourth-order valence-electron chi connectivity index (χ4n) is 3.67. The Bertz CT molecular complexity index is 1420. The van der Waals surface area contributed by atoms with Crippen LogP contribution >= 0.6 is 11.6 Å². The number of hydrogen-bond donors (Lipinski definition) is 2. The molecule has 0 aliphatic carbocycles. The van der Waals surface area contributed by atoms with Crippen molar-refractivity contribution in [3.05, 3.63) is 119 Å². The van der Waals surface area contributed by atoms with Gasteiger partial charge < -0.3 is 15.2 Å². The molecule has 0 saturated heterocycles. The summed E-state index contributed by atoms with van der Waals surface area (Å²) in [5.41, 5.74) is 2.00. The molecule has 182 valence electrons. The number of aliphatic carboxylic acids is 1. The van der Waals surface area contributed by atoms with E-state index in [-0.39, 0.29) is 18.8 Å². The lowest BCUT2D eigenvalue weighted by atomic mass is 10.0. The minimum atomic E-state index is -1.12. The van der Waals surface area contributed by atoms with Crippen LogP contribution in [0.4, 0.5) is 4.39 Å². The molecule has 4 aromatic rings. The van der Waals surface area contributed by atoms with Crippen LogP contribution in [0.5, 0.6) is 5.75 Å². The number of benzene rings is 4. The number of carbonyl (C=O) groups excluding carboxylic acids is 1. The maximum atomic E-state index is 13.8. The SMILES string of the molecule is O=C(/C=C/c1ccc(Cl)cc1)NC(Cc1ccc2cc(OCc3ccccc3F)ccc2c1)C(=O)O. The van der Waals surface area contributed by atoms with Crippen LogP contribution < -0.4 is 10.1 Å². The van der Waals surface area contributed by atoms with Crippen LogP contribution in [0, 0.1) is 5.82 Å². The Morgan fingerprint density at radius 3 is 2.44 bits per heavy atom. The Hall–Kier alpha value is -4.16. The van der Waals surface area contributed by atoms with Crippen molar-refractivity contribution in [2.24, 2.45) is 0 Å². The van der Waals surface area contributed by atoms with Gasteiger partial charge >= 0.3 is 5.97 Å². The zero-order chi connectivity index (χ0) is 25.5. The first-order valence-electron chi connectivity index (χ1n) is 11.2. The van der Waals surface area contributed by atoms with Crippen molar-refractivity contribution >= 4 is 40.3 Å². The number of carboxylic acid groups (broad SMARTS) is 1. The molecule has 0 fully saturated rings. The smallest absolute Gasteiger partial charge is 0.326 e. The molecule has 1 atom stereocenters. The van der Waals surface area contributed by atoms with Crippen molar-refractivity contribution in [3.63, 3.8) is 0 Å². The third-order valence-electron chi connectivity index (χ3n) is 5.58. The lowest BCUT2D eigenvalue weighted by Gasteiger charge is -2.14. The van der Waals surface area contributed by atoms with Gasteiger partial charge in [-0.3, -0.25) is 4.79 Å². The van der Waals surface area contributed by atoms with E-state index in [0.29, 0.717) is 16.3 Å². The number of amides is 1. The van der Waals surface area contributed by atoms with Crippen molar-refractivity contribution in [3.8, 4) is 5.75 Å². The van der Waals surface area contributed by atoms with Gasteiger partial charge in [-0.2, -0.15) is 0 Å². The van der Waals surface area contributed by atoms with Gasteiger partial charge in [0, 0.05) is 23.1 Å². The highest BCUT2D eigenvalue weighted by Gasteiger charge is 2.19. The topological polar surface area (TPSA) is 75.6 Å². The van der Waals surface area contributed by atoms with Gasteiger partial charge in [0.1, 0.15) is 24.2 Å². The average molecular weight is 504 g/mol. The van der Waals surface area contributed by atoms with Gasteiger partial charge in [-0.05, 0) is 58.3 Å². The van der Waals surface area contributed by atoms with E-state index >= 15 is 0 Å². The highest BCUT2D eigenvalue weighted by atomic mass is 35.5. The molecule has 5 nitrogen and oxygen atoms in total. The van der Waals surface area contributed by atoms with Crippen LogP contribution in [0.2, 0.25) is 5.02 Å². The summed E-state index contributed by atoms with van der Waals surface area (Å²) in [4.78, 5) is 24.1. The van der Waals surface area contributed by atoms with Gasteiger partial charge in [0.25, 0.3) is 0 Å². The van der Waals surface area contributed by atoms with Gasteiger partial charge in [-0.25, -0.2) is 9.18 Å². The fourth-order valence-corrected chi connectivity index (χ4v) is 3.79. The Labute approximate surface area is 212 Å². The second kappa shape index (κ2) is 11.5. The summed E-state index contributed by atoms with van der Waals surface area (Å²) in [5, 5.41) is 14.5. The number of ether oxygens (including phenoxy) is 1. The van der Waals surface area contributed by atoms with E-state index in [9.17, 15) is 19.1 Å². The molecule has 0 bridgehead atoms. The highest BCUT2D eigenvalue weighted by Crippen LogP contribution is 2.24. The molecule has 1 amide bonds. The predicted molar refractivity (Wildman–Crippen MR) is 138 cm³/mol. The normalized spacial score (nSPS) is 11.9. The minimum Gasteiger partial charge on any atom is -0.489 e. The molecular formula is C29H23ClFNO4. The molecule has 0 aromatic heterocycles. The third-order valence-corrected chi connectivity index (χ3v) is 5.83. The number of hydrogen-bond acceptors (Lipinski definition) is 3. The number of halogens is 2. The first-order chi connectivity index (χ1) is 17.4. The van der Waals surface area contributed by atoms with Crippen LogP contribution in [0.15, 0.2) is 91.0 Å². The monoisotopic (exact) mass is 503 g/mol. The fraction of sp³-hybridized carbons (Fsp3) is 0.103. The molecule has 4 aromatic carbocycles. The lowest BCUT2D eigenvalue weighted by Crippen LogP contribution is -2.41. The van der Waals surface area contributed by atoms with Gasteiger partial charge in [-0.1, -0.05) is 66.2 Å². The van der Waals surface area contributed by atoms with Crippen LogP contribution in [0.3, 0.4) is 0 Å². The number of rotatable bonds is 9. The number of carboxylic acids is 1. The molecule has 4 rings (SSSR count). The Morgan fingerprint density at radius 2 is 1.69 bits per heavy atom. The van der Waals surface area contributed by atoms with Crippen molar-refractivity contribution in [2.75, 3.05) is 0 Å². The molecular weight excluding hydrogens is 481 g/mol. The first-order valence-corrected chi connectivity index (χ1v) is 11.6. The molecule has 0 aliphatic heterocycles. The van der Waals surface area contributed by atoms with Gasteiger partial charge in [0.2, 0.25) is 5.91 Å². The highest BCUT2D eigenvalue weighted by molar-refractivity contribution is 6.30. The van der Waals surface area contributed by atoms with Crippen molar-refractivity contribution in [1.29, 1.82) is 0 Å². The van der Waals surface area contributed by atoms with E-state index in [1.165, 1.54) is 12.1 Å². The summed E-state index contributed by atoms with van der Waals surface area (Å²) in [6.45, 7) is 0.114. The molecule has 36 heavy (non-hydrogen) atoms. The summed E-state index contributed by atoms with van der Waals surface area (Å²) in [6.07, 6.45) is 3.01. The quantitative estimate of drug-likeness (QED) is 0.273. The van der Waals surface area contributed by atoms with Crippen LogP contribution in [0.25, 0.3) is 16.8 Å². The summed E-state index contributed by atoms with van der Waals surface area (Å²) >= 11 is 5.85. The Morgan fingerprint density at radius 1 is 0.972 bits per heavy atom. The van der Waals surface area contributed by atoms with Crippen molar-refractivity contribution in [2.45, 2.75) is 19.1 Å². The third kappa shape index (κ3) is 6.71. The van der Waals surface area contributed by atoms with Crippen molar-refractivity contribution in [1.82, 2.24) is 5.32 Å². The van der Waals surface area contributed by atoms with E-state index in [1.54, 1.807) is 54.6 Å². The van der Waals surface area contributed by atoms with E-state index < -0.39 is 17.9 Å². The number of carbonyl (C=O) groups is 2. The average Bonchev–Trinajstić information content (AvgIpc) is 2.87. The maximum absolute atomic E-state index is 13.8. The Balaban J connectivity index is 1.40. The van der Waals surface area contributed by atoms with E-state index in [2.05, 4.69) is 5.32 Å². The summed E-state index contributed by atoms with van der Waals surface area (Å²) < 4.78 is 19.5. The predicted octanol–water partition coefficient (Wildman–Crippen LogP) is 6.04. The van der Waals surface area contributed by atoms with E-state index in [4.69, 9.17) is 16.3 Å². The van der Waals surface area contributed by atoms with Crippen LogP contribution in [0.1, 0.15) is 16.7 Å². The van der Waals surface area contributed by atoms with Gasteiger partial charge in [-0.15, -0.1) is 0 Å². The first kappa shape index (κ1) is 24.9. The van der Waals surface area contributed by atoms with E-state index in [1.807, 2.05) is 30.3 Å². The molecule has 0 saturated carbocycles. The summed E-state index contributed by atoms with van der Waals surface area (Å²) in [6, 6.07) is 23.3. The molecule has 0 spiro atoms. The minimum absolute atomic E-state index is 0.114. The van der Waals surface area contributed by atoms with Gasteiger partial charge in [0.05, 0.1) is 0 Å². The zero-order valence-corrected chi connectivity index (χ0v) is 19.9. The molecule has 0 aliphatic rings. The van der Waals surface area contributed by atoms with Gasteiger partial charge in [0.15, 0.2) is 0 Å². The molecule has 0 radical (unpaired) electrons. The van der Waals surface area contributed by atoms with Crippen LogP contribution in [-0.4, -0.2) is 23.0 Å². The standard InChI is InChI=1S/C29H23ClFNO4/c30-24-11-6-19(7-12-24)8-14-28(33)32-27(29(34)35)16-20-5-9-22-17-25(13-10-21(22)15-20)36-18-23-3-1-2-4-26(23)31/h1-15,17,27H,16,18H2,(H,32,33)(H,34,35)/b14-8+. The molecule has 2 N–H and O–H groups in total. The van der Waals surface area contributed by atoms with Crippen LogP contribution in [-0.2, 0) is 22.6 Å². The van der Waals surface area contributed by atoms with Crippen molar-refractivity contribution < 1.29 is 23.8 Å². The molecule has 1 unspecified atom stereocenters. The number of nitrogens with one attached hydrogen (secondary N) is 1. The second-order valence-corrected chi connectivity index (χ2v) is 8.65.